The molecular formula is C19H16F3N3. The average Bonchev–Trinajstić information content (AvgIpc) is 2.92. The van der Waals surface area contributed by atoms with Crippen LogP contribution in [-0.4, -0.2) is 9.55 Å². The van der Waals surface area contributed by atoms with Crippen LogP contribution in [0.3, 0.4) is 0 Å². The molecule has 0 radical (unpaired) electrons. The number of fused-ring (bicyclic) bond motifs is 1. The molecule has 3 aromatic rings. The smallest absolute Gasteiger partial charge is 0.326 e. The van der Waals surface area contributed by atoms with Gasteiger partial charge in [-0.2, -0.15) is 18.4 Å². The molecule has 0 atom stereocenters. The van der Waals surface area contributed by atoms with Gasteiger partial charge in [0.1, 0.15) is 11.7 Å². The molecule has 0 aliphatic rings. The molecule has 0 aliphatic carbocycles. The molecule has 0 aliphatic heterocycles. The van der Waals surface area contributed by atoms with E-state index >= 15 is 0 Å². The van der Waals surface area contributed by atoms with Crippen molar-refractivity contribution in [3.8, 4) is 17.3 Å². The van der Waals surface area contributed by atoms with Crippen LogP contribution < -0.4 is 0 Å². The lowest BCUT2D eigenvalue weighted by molar-refractivity contribution is -0.136. The normalized spacial score (nSPS) is 12.4. The molecule has 0 amide bonds. The lowest BCUT2D eigenvalue weighted by atomic mass is 10.0. The quantitative estimate of drug-likeness (QED) is 0.598. The summed E-state index contributed by atoms with van der Waals surface area (Å²) in [7, 11) is 0. The first-order valence-electron chi connectivity index (χ1n) is 7.72. The summed E-state index contributed by atoms with van der Waals surface area (Å²) in [6, 6.07) is 11.6. The highest BCUT2D eigenvalue weighted by Crippen LogP contribution is 2.40. The van der Waals surface area contributed by atoms with Crippen molar-refractivity contribution in [2.45, 2.75) is 32.5 Å². The monoisotopic (exact) mass is 343 g/mol. The summed E-state index contributed by atoms with van der Waals surface area (Å²) in [5.74, 6) is 0. The van der Waals surface area contributed by atoms with Crippen LogP contribution in [0.15, 0.2) is 42.6 Å². The number of benzene rings is 1. The van der Waals surface area contributed by atoms with Crippen LogP contribution in [0, 0.1) is 11.3 Å². The SMILES string of the molecule is CC(C)(C)n1cc(C#N)c2c(C(F)(F)F)cc(-c3ccccc3)nc21. The fourth-order valence-corrected chi connectivity index (χ4v) is 2.80. The molecule has 3 rings (SSSR count). The molecule has 2 heterocycles. The third-order valence-electron chi connectivity index (χ3n) is 3.97. The number of nitrogens with zero attached hydrogens (tertiary/aromatic N) is 3. The maximum absolute atomic E-state index is 13.7. The van der Waals surface area contributed by atoms with Gasteiger partial charge < -0.3 is 4.57 Å². The number of hydrogen-bond acceptors (Lipinski definition) is 2. The number of aromatic nitrogens is 2. The molecule has 0 N–H and O–H groups in total. The van der Waals surface area contributed by atoms with Crippen LogP contribution in [0.5, 0.6) is 0 Å². The first kappa shape index (κ1) is 17.0. The van der Waals surface area contributed by atoms with E-state index in [0.717, 1.165) is 6.07 Å². The summed E-state index contributed by atoms with van der Waals surface area (Å²) in [6.45, 7) is 5.58. The topological polar surface area (TPSA) is 41.6 Å². The molecule has 2 aromatic heterocycles. The Morgan fingerprint density at radius 3 is 2.24 bits per heavy atom. The molecule has 0 bridgehead atoms. The second-order valence-corrected chi connectivity index (χ2v) is 6.81. The first-order chi connectivity index (χ1) is 11.6. The highest BCUT2D eigenvalue weighted by atomic mass is 19.4. The van der Waals surface area contributed by atoms with Crippen molar-refractivity contribution in [3.63, 3.8) is 0 Å². The maximum Gasteiger partial charge on any atom is 0.417 e. The minimum Gasteiger partial charge on any atom is -0.326 e. The molecule has 6 heteroatoms. The van der Waals surface area contributed by atoms with Crippen LogP contribution in [0.25, 0.3) is 22.3 Å². The highest BCUT2D eigenvalue weighted by Gasteiger charge is 2.36. The van der Waals surface area contributed by atoms with E-state index in [2.05, 4.69) is 4.98 Å². The lowest BCUT2D eigenvalue weighted by Crippen LogP contribution is -2.21. The zero-order valence-electron chi connectivity index (χ0n) is 14.0. The Morgan fingerprint density at radius 2 is 1.72 bits per heavy atom. The van der Waals surface area contributed by atoms with Gasteiger partial charge in [-0.3, -0.25) is 0 Å². The van der Waals surface area contributed by atoms with Gasteiger partial charge in [-0.1, -0.05) is 30.3 Å². The van der Waals surface area contributed by atoms with Gasteiger partial charge in [-0.05, 0) is 26.8 Å². The van der Waals surface area contributed by atoms with Gasteiger partial charge in [-0.25, -0.2) is 4.98 Å². The Balaban J connectivity index is 2.46. The van der Waals surface area contributed by atoms with E-state index in [0.29, 0.717) is 5.56 Å². The molecule has 0 saturated carbocycles. The van der Waals surface area contributed by atoms with E-state index in [9.17, 15) is 18.4 Å². The predicted molar refractivity (Wildman–Crippen MR) is 89.9 cm³/mol. The van der Waals surface area contributed by atoms with Gasteiger partial charge in [0, 0.05) is 22.7 Å². The standard InChI is InChI=1S/C19H16F3N3/c1-18(2,3)25-11-13(10-23)16-14(19(20,21)22)9-15(24-17(16)25)12-7-5-4-6-8-12/h4-9,11H,1-3H3. The highest BCUT2D eigenvalue weighted by molar-refractivity contribution is 5.89. The number of hydrogen-bond donors (Lipinski definition) is 0. The van der Waals surface area contributed by atoms with Gasteiger partial charge in [0.15, 0.2) is 0 Å². The molecule has 128 valence electrons. The van der Waals surface area contributed by atoms with Crippen molar-refractivity contribution >= 4 is 11.0 Å². The second-order valence-electron chi connectivity index (χ2n) is 6.81. The van der Waals surface area contributed by atoms with Crippen LogP contribution in [0.1, 0.15) is 31.9 Å². The van der Waals surface area contributed by atoms with Crippen molar-refractivity contribution in [1.29, 1.82) is 5.26 Å². The minimum absolute atomic E-state index is 0.0237. The molecule has 1 aromatic carbocycles. The Hall–Kier alpha value is -2.81. The van der Waals surface area contributed by atoms with Gasteiger partial charge in [0.2, 0.25) is 0 Å². The van der Waals surface area contributed by atoms with Gasteiger partial charge in [0.25, 0.3) is 0 Å². The number of rotatable bonds is 1. The molecule has 0 saturated heterocycles. The van der Waals surface area contributed by atoms with Gasteiger partial charge in [0.05, 0.1) is 16.8 Å². The molecule has 0 unspecified atom stereocenters. The fraction of sp³-hybridized carbons (Fsp3) is 0.263. The number of alkyl halides is 3. The average molecular weight is 343 g/mol. The largest absolute Gasteiger partial charge is 0.417 e. The van der Waals surface area contributed by atoms with Crippen LogP contribution >= 0.6 is 0 Å². The summed E-state index contributed by atoms with van der Waals surface area (Å²) in [5.41, 5.74) is -0.389. The van der Waals surface area contributed by atoms with E-state index in [-0.39, 0.29) is 22.3 Å². The van der Waals surface area contributed by atoms with E-state index in [4.69, 9.17) is 0 Å². The lowest BCUT2D eigenvalue weighted by Gasteiger charge is -2.22. The number of halogens is 3. The Labute approximate surface area is 143 Å². The summed E-state index contributed by atoms with van der Waals surface area (Å²) in [5, 5.41) is 9.18. The van der Waals surface area contributed by atoms with Crippen molar-refractivity contribution in [3.05, 3.63) is 53.7 Å². The predicted octanol–water partition coefficient (Wildman–Crippen LogP) is 5.35. The summed E-state index contributed by atoms with van der Waals surface area (Å²) < 4.78 is 42.7. The minimum atomic E-state index is -4.58. The summed E-state index contributed by atoms with van der Waals surface area (Å²) in [4.78, 5) is 4.47. The van der Waals surface area contributed by atoms with Crippen molar-refractivity contribution < 1.29 is 13.2 Å². The van der Waals surface area contributed by atoms with Crippen molar-refractivity contribution in [2.24, 2.45) is 0 Å². The summed E-state index contributed by atoms with van der Waals surface area (Å²) in [6.07, 6.45) is -3.14. The Kier molecular flexibility index (Phi) is 3.83. The van der Waals surface area contributed by atoms with Gasteiger partial charge >= 0.3 is 6.18 Å². The number of nitriles is 1. The zero-order chi connectivity index (χ0) is 18.4. The Morgan fingerprint density at radius 1 is 1.08 bits per heavy atom. The summed E-state index contributed by atoms with van der Waals surface area (Å²) >= 11 is 0. The van der Waals surface area contributed by atoms with Crippen LogP contribution in [0.2, 0.25) is 0 Å². The van der Waals surface area contributed by atoms with Crippen LogP contribution in [0.4, 0.5) is 13.2 Å². The fourth-order valence-electron chi connectivity index (χ4n) is 2.80. The van der Waals surface area contributed by atoms with E-state index in [1.165, 1.54) is 6.20 Å². The first-order valence-corrected chi connectivity index (χ1v) is 7.72. The molecule has 0 spiro atoms. The van der Waals surface area contributed by atoms with E-state index in [1.807, 2.05) is 26.8 Å². The maximum atomic E-state index is 13.7. The molecular weight excluding hydrogens is 327 g/mol. The van der Waals surface area contributed by atoms with Gasteiger partial charge in [-0.15, -0.1) is 0 Å². The van der Waals surface area contributed by atoms with E-state index < -0.39 is 17.3 Å². The Bertz CT molecular complexity index is 972. The molecule has 0 fully saturated rings. The zero-order valence-corrected chi connectivity index (χ0v) is 14.0. The second kappa shape index (κ2) is 5.62. The van der Waals surface area contributed by atoms with Crippen molar-refractivity contribution in [1.82, 2.24) is 9.55 Å². The van der Waals surface area contributed by atoms with Crippen molar-refractivity contribution in [2.75, 3.05) is 0 Å². The molecule has 3 nitrogen and oxygen atoms in total. The number of pyridine rings is 1. The molecule has 25 heavy (non-hydrogen) atoms. The third-order valence-corrected chi connectivity index (χ3v) is 3.97. The van der Waals surface area contributed by atoms with Crippen LogP contribution in [-0.2, 0) is 11.7 Å². The van der Waals surface area contributed by atoms with E-state index in [1.54, 1.807) is 34.9 Å². The third kappa shape index (κ3) is 2.98.